The SMILES string of the molecule is CCC[NH+](CC(=O)Nc1ccccc1OC)CC(=O)N[C@@H](C)c1ccccc1. The van der Waals surface area contributed by atoms with Gasteiger partial charge >= 0.3 is 0 Å². The van der Waals surface area contributed by atoms with Gasteiger partial charge in [0.1, 0.15) is 5.75 Å². The topological polar surface area (TPSA) is 71.9 Å². The van der Waals surface area contributed by atoms with Crippen LogP contribution < -0.4 is 20.3 Å². The fourth-order valence-corrected chi connectivity index (χ4v) is 3.11. The van der Waals surface area contributed by atoms with E-state index in [1.807, 2.05) is 56.3 Å². The Morgan fingerprint density at radius 3 is 2.32 bits per heavy atom. The first kappa shape index (κ1) is 21.4. The predicted octanol–water partition coefficient (Wildman–Crippen LogP) is 1.81. The number of quaternary nitrogens is 1. The molecule has 0 radical (unpaired) electrons. The molecule has 0 bridgehead atoms. The van der Waals surface area contributed by atoms with E-state index >= 15 is 0 Å². The minimum absolute atomic E-state index is 0.0649. The van der Waals surface area contributed by atoms with Crippen molar-refractivity contribution in [3.05, 3.63) is 60.2 Å². The lowest BCUT2D eigenvalue weighted by Gasteiger charge is -2.20. The number of benzene rings is 2. The van der Waals surface area contributed by atoms with Crippen molar-refractivity contribution in [1.29, 1.82) is 0 Å². The van der Waals surface area contributed by atoms with Crippen LogP contribution in [-0.4, -0.2) is 38.6 Å². The van der Waals surface area contributed by atoms with Crippen LogP contribution >= 0.6 is 0 Å². The maximum atomic E-state index is 12.5. The number of hydrogen-bond donors (Lipinski definition) is 3. The van der Waals surface area contributed by atoms with Gasteiger partial charge in [-0.2, -0.15) is 0 Å². The van der Waals surface area contributed by atoms with Crippen LogP contribution in [0.3, 0.4) is 0 Å². The summed E-state index contributed by atoms with van der Waals surface area (Å²) >= 11 is 0. The van der Waals surface area contributed by atoms with Gasteiger partial charge in [0.25, 0.3) is 11.8 Å². The molecule has 0 aromatic heterocycles. The van der Waals surface area contributed by atoms with E-state index in [1.54, 1.807) is 19.2 Å². The van der Waals surface area contributed by atoms with Crippen LogP contribution in [0.15, 0.2) is 54.6 Å². The molecule has 0 heterocycles. The Morgan fingerprint density at radius 1 is 1.00 bits per heavy atom. The van der Waals surface area contributed by atoms with Gasteiger partial charge in [-0.15, -0.1) is 0 Å². The average molecular weight is 385 g/mol. The molecule has 6 nitrogen and oxygen atoms in total. The number of amides is 2. The van der Waals surface area contributed by atoms with Gasteiger partial charge in [-0.25, -0.2) is 0 Å². The molecule has 2 rings (SSSR count). The summed E-state index contributed by atoms with van der Waals surface area (Å²) in [5.41, 5.74) is 1.69. The van der Waals surface area contributed by atoms with Crippen molar-refractivity contribution < 1.29 is 19.2 Å². The van der Waals surface area contributed by atoms with Gasteiger partial charge in [0.05, 0.1) is 25.4 Å². The number of carbonyl (C=O) groups is 2. The molecule has 0 saturated heterocycles. The van der Waals surface area contributed by atoms with E-state index in [4.69, 9.17) is 4.74 Å². The van der Waals surface area contributed by atoms with E-state index in [2.05, 4.69) is 10.6 Å². The molecule has 1 unspecified atom stereocenters. The molecule has 0 fully saturated rings. The van der Waals surface area contributed by atoms with E-state index in [9.17, 15) is 9.59 Å². The standard InChI is InChI=1S/C22H29N3O3/c1-4-14-25(15-21(26)23-17(2)18-10-6-5-7-11-18)16-22(27)24-19-12-8-9-13-20(19)28-3/h5-13,17H,4,14-16H2,1-3H3,(H,23,26)(H,24,27)/p+1/t17-/m0/s1. The second-order valence-electron chi connectivity index (χ2n) is 6.80. The first-order valence-electron chi connectivity index (χ1n) is 9.64. The number of para-hydroxylation sites is 2. The van der Waals surface area contributed by atoms with E-state index < -0.39 is 0 Å². The highest BCUT2D eigenvalue weighted by Gasteiger charge is 2.19. The van der Waals surface area contributed by atoms with E-state index in [0.717, 1.165) is 23.4 Å². The summed E-state index contributed by atoms with van der Waals surface area (Å²) in [7, 11) is 1.57. The fourth-order valence-electron chi connectivity index (χ4n) is 3.11. The average Bonchev–Trinajstić information content (AvgIpc) is 2.69. The quantitative estimate of drug-likeness (QED) is 0.585. The lowest BCUT2D eigenvalue weighted by Crippen LogP contribution is -3.14. The molecule has 2 aromatic rings. The smallest absolute Gasteiger partial charge is 0.279 e. The van der Waals surface area contributed by atoms with Crippen LogP contribution in [0, 0.1) is 0 Å². The highest BCUT2D eigenvalue weighted by Crippen LogP contribution is 2.22. The monoisotopic (exact) mass is 384 g/mol. The van der Waals surface area contributed by atoms with Gasteiger partial charge in [-0.1, -0.05) is 49.4 Å². The minimum atomic E-state index is -0.142. The van der Waals surface area contributed by atoms with E-state index in [-0.39, 0.29) is 30.9 Å². The Kier molecular flexibility index (Phi) is 8.49. The second-order valence-corrected chi connectivity index (χ2v) is 6.80. The van der Waals surface area contributed by atoms with Crippen molar-refractivity contribution in [2.24, 2.45) is 0 Å². The lowest BCUT2D eigenvalue weighted by atomic mass is 10.1. The Bertz CT molecular complexity index is 765. The van der Waals surface area contributed by atoms with Gasteiger partial charge in [-0.05, 0) is 31.0 Å². The van der Waals surface area contributed by atoms with Gasteiger partial charge in [0.2, 0.25) is 0 Å². The zero-order valence-corrected chi connectivity index (χ0v) is 16.8. The highest BCUT2D eigenvalue weighted by molar-refractivity contribution is 5.93. The Balaban J connectivity index is 1.91. The summed E-state index contributed by atoms with van der Waals surface area (Å²) < 4.78 is 5.26. The summed E-state index contributed by atoms with van der Waals surface area (Å²) in [6.07, 6.45) is 0.888. The fraction of sp³-hybridized carbons (Fsp3) is 0.364. The number of carbonyl (C=O) groups excluding carboxylic acids is 2. The molecular formula is C22H30N3O3+. The van der Waals surface area contributed by atoms with Crippen LogP contribution in [0.1, 0.15) is 31.9 Å². The number of anilines is 1. The maximum Gasteiger partial charge on any atom is 0.279 e. The molecular weight excluding hydrogens is 354 g/mol. The first-order chi connectivity index (χ1) is 13.5. The van der Waals surface area contributed by atoms with Crippen LogP contribution in [0.5, 0.6) is 5.75 Å². The normalized spacial score (nSPS) is 12.7. The van der Waals surface area contributed by atoms with Crippen molar-refractivity contribution in [3.63, 3.8) is 0 Å². The third-order valence-corrected chi connectivity index (χ3v) is 4.48. The van der Waals surface area contributed by atoms with Crippen molar-refractivity contribution in [2.45, 2.75) is 26.3 Å². The second kappa shape index (κ2) is 11.1. The Hall–Kier alpha value is -2.86. The highest BCUT2D eigenvalue weighted by atomic mass is 16.5. The minimum Gasteiger partial charge on any atom is -0.495 e. The van der Waals surface area contributed by atoms with Crippen molar-refractivity contribution in [3.8, 4) is 5.75 Å². The molecule has 0 aliphatic rings. The van der Waals surface area contributed by atoms with E-state index in [0.29, 0.717) is 11.4 Å². The zero-order valence-electron chi connectivity index (χ0n) is 16.8. The molecule has 0 aliphatic heterocycles. The number of methoxy groups -OCH3 is 1. The molecule has 6 heteroatoms. The molecule has 3 N–H and O–H groups in total. The predicted molar refractivity (Wildman–Crippen MR) is 110 cm³/mol. The summed E-state index contributed by atoms with van der Waals surface area (Å²) in [5, 5.41) is 5.89. The largest absolute Gasteiger partial charge is 0.495 e. The zero-order chi connectivity index (χ0) is 20.4. The summed E-state index contributed by atoms with van der Waals surface area (Å²) in [5.74, 6) is 0.407. The van der Waals surface area contributed by atoms with Gasteiger partial charge < -0.3 is 20.3 Å². The van der Waals surface area contributed by atoms with Gasteiger partial charge in [0.15, 0.2) is 13.1 Å². The van der Waals surface area contributed by atoms with Crippen molar-refractivity contribution >= 4 is 17.5 Å². The molecule has 150 valence electrons. The number of nitrogens with one attached hydrogen (secondary N) is 3. The molecule has 0 aliphatic carbocycles. The molecule has 2 aromatic carbocycles. The molecule has 2 atom stereocenters. The summed E-state index contributed by atoms with van der Waals surface area (Å²) in [4.78, 5) is 25.9. The van der Waals surface area contributed by atoms with E-state index in [1.165, 1.54) is 0 Å². The summed E-state index contributed by atoms with van der Waals surface area (Å²) in [6.45, 7) is 5.22. The summed E-state index contributed by atoms with van der Waals surface area (Å²) in [6, 6.07) is 17.0. The number of rotatable bonds is 10. The molecule has 28 heavy (non-hydrogen) atoms. The molecule has 0 spiro atoms. The molecule has 2 amide bonds. The third-order valence-electron chi connectivity index (χ3n) is 4.48. The maximum absolute atomic E-state index is 12.5. The Labute approximate surface area is 166 Å². The third kappa shape index (κ3) is 6.70. The van der Waals surface area contributed by atoms with Gasteiger partial charge in [0, 0.05) is 0 Å². The van der Waals surface area contributed by atoms with Crippen LogP contribution in [0.4, 0.5) is 5.69 Å². The van der Waals surface area contributed by atoms with Crippen molar-refractivity contribution in [2.75, 3.05) is 32.1 Å². The number of ether oxygens (including phenoxy) is 1. The van der Waals surface area contributed by atoms with Crippen LogP contribution in [0.2, 0.25) is 0 Å². The van der Waals surface area contributed by atoms with Crippen LogP contribution in [0.25, 0.3) is 0 Å². The van der Waals surface area contributed by atoms with Gasteiger partial charge in [-0.3, -0.25) is 9.59 Å². The van der Waals surface area contributed by atoms with Crippen LogP contribution in [-0.2, 0) is 9.59 Å². The number of hydrogen-bond acceptors (Lipinski definition) is 3. The first-order valence-corrected chi connectivity index (χ1v) is 9.64. The Morgan fingerprint density at radius 2 is 1.64 bits per heavy atom. The van der Waals surface area contributed by atoms with Crippen molar-refractivity contribution in [1.82, 2.24) is 5.32 Å². The molecule has 0 saturated carbocycles. The lowest BCUT2D eigenvalue weighted by molar-refractivity contribution is -0.883.